The molecule has 0 amide bonds. The van der Waals surface area contributed by atoms with E-state index in [0.29, 0.717) is 17.9 Å². The van der Waals surface area contributed by atoms with E-state index in [1.807, 2.05) is 12.1 Å². The lowest BCUT2D eigenvalue weighted by Gasteiger charge is -2.21. The first-order valence-electron chi connectivity index (χ1n) is 6.40. The Hall–Kier alpha value is -1.68. The number of ketones is 1. The van der Waals surface area contributed by atoms with E-state index in [1.165, 1.54) is 12.8 Å². The van der Waals surface area contributed by atoms with Gasteiger partial charge >= 0.3 is 0 Å². The molecule has 18 heavy (non-hydrogen) atoms. The number of nitrogens with zero attached hydrogens (tertiary/aromatic N) is 1. The zero-order valence-corrected chi connectivity index (χ0v) is 10.2. The molecule has 1 unspecified atom stereocenters. The van der Waals surface area contributed by atoms with Crippen LogP contribution < -0.4 is 5.32 Å². The predicted octanol–water partition coefficient (Wildman–Crippen LogP) is 2.40. The van der Waals surface area contributed by atoms with Crippen LogP contribution in [0.15, 0.2) is 29.0 Å². The van der Waals surface area contributed by atoms with Crippen molar-refractivity contribution in [1.29, 1.82) is 0 Å². The highest BCUT2D eigenvalue weighted by atomic mass is 16.3. The SMILES string of the molecule is O=C(CC1CCCNC1)c1ccc2ncoc2c1. The number of carbonyl (C=O) groups excluding carboxylic acids is 1. The van der Waals surface area contributed by atoms with Crippen LogP contribution in [0.3, 0.4) is 0 Å². The summed E-state index contributed by atoms with van der Waals surface area (Å²) in [5.74, 6) is 0.665. The second-order valence-corrected chi connectivity index (χ2v) is 4.87. The monoisotopic (exact) mass is 244 g/mol. The molecule has 94 valence electrons. The topological polar surface area (TPSA) is 55.1 Å². The summed E-state index contributed by atoms with van der Waals surface area (Å²) >= 11 is 0. The van der Waals surface area contributed by atoms with Crippen molar-refractivity contribution in [3.05, 3.63) is 30.2 Å². The summed E-state index contributed by atoms with van der Waals surface area (Å²) in [7, 11) is 0. The number of fused-ring (bicyclic) bond motifs is 1. The Bertz CT molecular complexity index is 556. The van der Waals surface area contributed by atoms with Gasteiger partial charge in [0.2, 0.25) is 0 Å². The van der Waals surface area contributed by atoms with Gasteiger partial charge < -0.3 is 9.73 Å². The molecule has 0 bridgehead atoms. The zero-order valence-electron chi connectivity index (χ0n) is 10.2. The number of carbonyl (C=O) groups is 1. The number of rotatable bonds is 3. The van der Waals surface area contributed by atoms with Crippen LogP contribution in [0.1, 0.15) is 29.6 Å². The summed E-state index contributed by atoms with van der Waals surface area (Å²) in [6.07, 6.45) is 4.33. The molecule has 1 aromatic heterocycles. The molecule has 1 N–H and O–H groups in total. The van der Waals surface area contributed by atoms with E-state index >= 15 is 0 Å². The van der Waals surface area contributed by atoms with Gasteiger partial charge in [0.1, 0.15) is 5.52 Å². The molecule has 4 nitrogen and oxygen atoms in total. The highest BCUT2D eigenvalue weighted by Gasteiger charge is 2.18. The number of nitrogens with one attached hydrogen (secondary N) is 1. The summed E-state index contributed by atoms with van der Waals surface area (Å²) in [6.45, 7) is 2.03. The van der Waals surface area contributed by atoms with Crippen molar-refractivity contribution in [2.75, 3.05) is 13.1 Å². The van der Waals surface area contributed by atoms with Crippen molar-refractivity contribution in [2.24, 2.45) is 5.92 Å². The number of oxazole rings is 1. The van der Waals surface area contributed by atoms with Gasteiger partial charge in [0.05, 0.1) is 0 Å². The molecule has 0 saturated carbocycles. The summed E-state index contributed by atoms with van der Waals surface area (Å²) in [6, 6.07) is 5.47. The highest BCUT2D eigenvalue weighted by molar-refractivity contribution is 5.98. The molecule has 1 aromatic carbocycles. The van der Waals surface area contributed by atoms with Crippen LogP contribution in [-0.4, -0.2) is 23.9 Å². The minimum atomic E-state index is 0.196. The van der Waals surface area contributed by atoms with Gasteiger partial charge in [-0.1, -0.05) is 0 Å². The Morgan fingerprint density at radius 1 is 1.50 bits per heavy atom. The van der Waals surface area contributed by atoms with E-state index < -0.39 is 0 Å². The first kappa shape index (κ1) is 11.4. The third-order valence-corrected chi connectivity index (χ3v) is 3.53. The summed E-state index contributed by atoms with van der Waals surface area (Å²) < 4.78 is 5.22. The van der Waals surface area contributed by atoms with E-state index in [2.05, 4.69) is 10.3 Å². The molecule has 4 heteroatoms. The lowest BCUT2D eigenvalue weighted by Crippen LogP contribution is -2.31. The molecule has 0 radical (unpaired) electrons. The second kappa shape index (κ2) is 4.90. The van der Waals surface area contributed by atoms with Crippen LogP contribution in [0, 0.1) is 5.92 Å². The van der Waals surface area contributed by atoms with Crippen molar-refractivity contribution < 1.29 is 9.21 Å². The molecule has 1 atom stereocenters. The number of benzene rings is 1. The molecule has 1 saturated heterocycles. The normalized spacial score (nSPS) is 20.1. The summed E-state index contributed by atoms with van der Waals surface area (Å²) in [5.41, 5.74) is 2.21. The van der Waals surface area contributed by atoms with Crippen LogP contribution in [0.25, 0.3) is 11.1 Å². The van der Waals surface area contributed by atoms with Crippen LogP contribution in [0.4, 0.5) is 0 Å². The fraction of sp³-hybridized carbons (Fsp3) is 0.429. The molecule has 1 fully saturated rings. The van der Waals surface area contributed by atoms with Crippen LogP contribution in [-0.2, 0) is 0 Å². The Morgan fingerprint density at radius 3 is 3.28 bits per heavy atom. The fourth-order valence-electron chi connectivity index (χ4n) is 2.51. The van der Waals surface area contributed by atoms with Gasteiger partial charge in [0, 0.05) is 12.0 Å². The Morgan fingerprint density at radius 2 is 2.44 bits per heavy atom. The molecule has 0 spiro atoms. The third kappa shape index (κ3) is 2.29. The summed E-state index contributed by atoms with van der Waals surface area (Å²) in [4.78, 5) is 16.2. The van der Waals surface area contributed by atoms with Crippen LogP contribution in [0.2, 0.25) is 0 Å². The average Bonchev–Trinajstić information content (AvgIpc) is 2.87. The molecular formula is C14H16N2O2. The van der Waals surface area contributed by atoms with Gasteiger partial charge in [-0.15, -0.1) is 0 Å². The van der Waals surface area contributed by atoms with Crippen LogP contribution in [0.5, 0.6) is 0 Å². The standard InChI is InChI=1S/C14H16N2O2/c17-13(6-10-2-1-5-15-8-10)11-3-4-12-14(7-11)18-9-16-12/h3-4,7,9-10,15H,1-2,5-6,8H2. The molecular weight excluding hydrogens is 228 g/mol. The molecule has 1 aliphatic rings. The fourth-order valence-corrected chi connectivity index (χ4v) is 2.51. The van der Waals surface area contributed by atoms with Crippen molar-refractivity contribution >= 4 is 16.9 Å². The van der Waals surface area contributed by atoms with E-state index in [-0.39, 0.29) is 5.78 Å². The van der Waals surface area contributed by atoms with Gasteiger partial charge in [-0.05, 0) is 50.0 Å². The van der Waals surface area contributed by atoms with E-state index in [4.69, 9.17) is 4.42 Å². The maximum Gasteiger partial charge on any atom is 0.181 e. The number of hydrogen-bond donors (Lipinski definition) is 1. The van der Waals surface area contributed by atoms with Gasteiger partial charge in [-0.25, -0.2) is 4.98 Å². The van der Waals surface area contributed by atoms with E-state index in [1.54, 1.807) is 6.07 Å². The Labute approximate surface area is 105 Å². The molecule has 1 aliphatic heterocycles. The molecule has 0 aliphatic carbocycles. The van der Waals surface area contributed by atoms with E-state index in [9.17, 15) is 4.79 Å². The van der Waals surface area contributed by atoms with E-state index in [0.717, 1.165) is 30.6 Å². The molecule has 2 aromatic rings. The third-order valence-electron chi connectivity index (χ3n) is 3.53. The largest absolute Gasteiger partial charge is 0.443 e. The first-order valence-corrected chi connectivity index (χ1v) is 6.40. The van der Waals surface area contributed by atoms with Crippen molar-refractivity contribution in [2.45, 2.75) is 19.3 Å². The first-order chi connectivity index (χ1) is 8.83. The maximum absolute atomic E-state index is 12.2. The van der Waals surface area contributed by atoms with Gasteiger partial charge in [-0.2, -0.15) is 0 Å². The van der Waals surface area contributed by atoms with Gasteiger partial charge in [-0.3, -0.25) is 4.79 Å². The van der Waals surface area contributed by atoms with Gasteiger partial charge in [0.15, 0.2) is 17.8 Å². The lowest BCUT2D eigenvalue weighted by atomic mass is 9.92. The van der Waals surface area contributed by atoms with Crippen LogP contribution >= 0.6 is 0 Å². The average molecular weight is 244 g/mol. The number of Topliss-reactive ketones (excluding diaryl/α,β-unsaturated/α-hetero) is 1. The quantitative estimate of drug-likeness (QED) is 0.842. The number of piperidine rings is 1. The summed E-state index contributed by atoms with van der Waals surface area (Å²) in [5, 5.41) is 3.34. The maximum atomic E-state index is 12.2. The lowest BCUT2D eigenvalue weighted by molar-refractivity contribution is 0.0954. The molecule has 2 heterocycles. The highest BCUT2D eigenvalue weighted by Crippen LogP contribution is 2.20. The molecule has 3 rings (SSSR count). The van der Waals surface area contributed by atoms with Crippen molar-refractivity contribution in [1.82, 2.24) is 10.3 Å². The second-order valence-electron chi connectivity index (χ2n) is 4.87. The minimum Gasteiger partial charge on any atom is -0.443 e. The van der Waals surface area contributed by atoms with Gasteiger partial charge in [0.25, 0.3) is 0 Å². The zero-order chi connectivity index (χ0) is 12.4. The minimum absolute atomic E-state index is 0.196. The van der Waals surface area contributed by atoms with Crippen molar-refractivity contribution in [3.8, 4) is 0 Å². The number of aromatic nitrogens is 1. The van der Waals surface area contributed by atoms with Crippen molar-refractivity contribution in [3.63, 3.8) is 0 Å². The number of hydrogen-bond acceptors (Lipinski definition) is 4. The predicted molar refractivity (Wildman–Crippen MR) is 68.6 cm³/mol. The Balaban J connectivity index is 1.74. The Kier molecular flexibility index (Phi) is 3.11. The smallest absolute Gasteiger partial charge is 0.181 e.